The SMILES string of the molecule is CCCc1nnc(CSc2nnc(CCC)o2)o1. The molecule has 0 aliphatic heterocycles. The van der Waals surface area contributed by atoms with Crippen LogP contribution in [0.4, 0.5) is 0 Å². The minimum atomic E-state index is 0.550. The maximum Gasteiger partial charge on any atom is 0.277 e. The third-order valence-electron chi connectivity index (χ3n) is 2.20. The minimum absolute atomic E-state index is 0.550. The van der Waals surface area contributed by atoms with Crippen molar-refractivity contribution in [3.8, 4) is 0 Å². The zero-order valence-corrected chi connectivity index (χ0v) is 11.4. The molecule has 7 heteroatoms. The van der Waals surface area contributed by atoms with Gasteiger partial charge in [0.05, 0.1) is 5.75 Å². The molecule has 0 atom stereocenters. The standard InChI is InChI=1S/C11H16N4O2S/c1-3-5-8-12-14-10(16-8)7-18-11-15-13-9(17-11)6-4-2/h3-7H2,1-2H3. The van der Waals surface area contributed by atoms with Crippen molar-refractivity contribution in [3.63, 3.8) is 0 Å². The normalized spacial score (nSPS) is 11.0. The summed E-state index contributed by atoms with van der Waals surface area (Å²) in [6.45, 7) is 4.15. The summed E-state index contributed by atoms with van der Waals surface area (Å²) < 4.78 is 10.9. The number of thioether (sulfide) groups is 1. The number of rotatable bonds is 7. The van der Waals surface area contributed by atoms with Crippen molar-refractivity contribution >= 4 is 11.8 Å². The van der Waals surface area contributed by atoms with Gasteiger partial charge in [-0.05, 0) is 12.8 Å². The molecule has 0 fully saturated rings. The van der Waals surface area contributed by atoms with E-state index in [-0.39, 0.29) is 0 Å². The van der Waals surface area contributed by atoms with Crippen LogP contribution in [0, 0.1) is 0 Å². The molecular formula is C11H16N4O2S. The van der Waals surface area contributed by atoms with Gasteiger partial charge in [-0.3, -0.25) is 0 Å². The minimum Gasteiger partial charge on any atom is -0.424 e. The molecule has 6 nitrogen and oxygen atoms in total. The van der Waals surface area contributed by atoms with Crippen LogP contribution in [-0.4, -0.2) is 20.4 Å². The third-order valence-corrected chi connectivity index (χ3v) is 3.01. The van der Waals surface area contributed by atoms with E-state index in [0.29, 0.717) is 28.6 Å². The number of nitrogens with zero attached hydrogens (tertiary/aromatic N) is 4. The van der Waals surface area contributed by atoms with Gasteiger partial charge in [-0.2, -0.15) is 0 Å². The molecule has 18 heavy (non-hydrogen) atoms. The third kappa shape index (κ3) is 3.56. The van der Waals surface area contributed by atoms with E-state index in [1.54, 1.807) is 0 Å². The zero-order chi connectivity index (χ0) is 12.8. The van der Waals surface area contributed by atoms with Crippen LogP contribution < -0.4 is 0 Å². The van der Waals surface area contributed by atoms with E-state index < -0.39 is 0 Å². The summed E-state index contributed by atoms with van der Waals surface area (Å²) in [6.07, 6.45) is 3.63. The highest BCUT2D eigenvalue weighted by Crippen LogP contribution is 2.21. The van der Waals surface area contributed by atoms with Crippen LogP contribution in [0.25, 0.3) is 0 Å². The van der Waals surface area contributed by atoms with Gasteiger partial charge in [0.25, 0.3) is 5.22 Å². The first kappa shape index (κ1) is 13.1. The molecule has 2 rings (SSSR count). The fourth-order valence-electron chi connectivity index (χ4n) is 1.40. The number of hydrogen-bond donors (Lipinski definition) is 0. The van der Waals surface area contributed by atoms with Gasteiger partial charge in [0.1, 0.15) is 0 Å². The maximum absolute atomic E-state index is 5.47. The van der Waals surface area contributed by atoms with Gasteiger partial charge >= 0.3 is 0 Å². The first-order valence-electron chi connectivity index (χ1n) is 6.08. The Labute approximate surface area is 110 Å². The molecule has 0 saturated carbocycles. The zero-order valence-electron chi connectivity index (χ0n) is 10.5. The van der Waals surface area contributed by atoms with Gasteiger partial charge in [0.2, 0.25) is 17.7 Å². The van der Waals surface area contributed by atoms with E-state index >= 15 is 0 Å². The van der Waals surface area contributed by atoms with E-state index in [1.807, 2.05) is 0 Å². The van der Waals surface area contributed by atoms with Crippen molar-refractivity contribution in [2.45, 2.75) is 50.5 Å². The molecule has 0 aliphatic carbocycles. The lowest BCUT2D eigenvalue weighted by Gasteiger charge is -1.91. The predicted octanol–water partition coefficient (Wildman–Crippen LogP) is 2.65. The monoisotopic (exact) mass is 268 g/mol. The molecule has 0 radical (unpaired) electrons. The molecule has 0 aromatic carbocycles. The van der Waals surface area contributed by atoms with Gasteiger partial charge < -0.3 is 8.83 Å². The van der Waals surface area contributed by atoms with Crippen LogP contribution in [0.1, 0.15) is 44.4 Å². The van der Waals surface area contributed by atoms with Crippen molar-refractivity contribution in [3.05, 3.63) is 17.7 Å². The Morgan fingerprint density at radius 1 is 0.833 bits per heavy atom. The van der Waals surface area contributed by atoms with Gasteiger partial charge in [-0.25, -0.2) is 0 Å². The molecule has 0 bridgehead atoms. The second-order valence-electron chi connectivity index (χ2n) is 3.84. The molecule has 0 amide bonds. The highest BCUT2D eigenvalue weighted by molar-refractivity contribution is 7.98. The first-order chi connectivity index (χ1) is 8.81. The Morgan fingerprint density at radius 3 is 2.17 bits per heavy atom. The summed E-state index contributed by atoms with van der Waals surface area (Å²) >= 11 is 1.42. The molecule has 98 valence electrons. The molecule has 0 saturated heterocycles. The molecule has 0 unspecified atom stereocenters. The molecule has 0 aliphatic rings. The van der Waals surface area contributed by atoms with Gasteiger partial charge in [-0.1, -0.05) is 25.6 Å². The van der Waals surface area contributed by atoms with Crippen LogP contribution in [0.5, 0.6) is 0 Å². The Balaban J connectivity index is 1.85. The van der Waals surface area contributed by atoms with Crippen molar-refractivity contribution < 1.29 is 8.83 Å². The summed E-state index contributed by atoms with van der Waals surface area (Å²) in [6, 6.07) is 0. The smallest absolute Gasteiger partial charge is 0.277 e. The van der Waals surface area contributed by atoms with E-state index in [4.69, 9.17) is 8.83 Å². The first-order valence-corrected chi connectivity index (χ1v) is 7.06. The molecule has 0 spiro atoms. The van der Waals surface area contributed by atoms with Gasteiger partial charge in [-0.15, -0.1) is 20.4 Å². The summed E-state index contributed by atoms with van der Waals surface area (Å²) in [5.41, 5.74) is 0. The van der Waals surface area contributed by atoms with Crippen LogP contribution >= 0.6 is 11.8 Å². The van der Waals surface area contributed by atoms with Crippen LogP contribution in [0.15, 0.2) is 14.1 Å². The second-order valence-corrected chi connectivity index (χ2v) is 4.77. The lowest BCUT2D eigenvalue weighted by atomic mass is 10.3. The molecule has 2 aromatic rings. The quantitative estimate of drug-likeness (QED) is 0.714. The molecule has 2 aromatic heterocycles. The largest absolute Gasteiger partial charge is 0.424 e. The Hall–Kier alpha value is -1.37. The summed E-state index contributed by atoms with van der Waals surface area (Å²) in [7, 11) is 0. The lowest BCUT2D eigenvalue weighted by molar-refractivity contribution is 0.410. The summed E-state index contributed by atoms with van der Waals surface area (Å²) in [5, 5.41) is 16.4. The van der Waals surface area contributed by atoms with Gasteiger partial charge in [0, 0.05) is 12.8 Å². The van der Waals surface area contributed by atoms with Crippen molar-refractivity contribution in [1.29, 1.82) is 0 Å². The Bertz CT molecular complexity index is 439. The highest BCUT2D eigenvalue weighted by atomic mass is 32.2. The van der Waals surface area contributed by atoms with E-state index in [1.165, 1.54) is 11.8 Å². The Kier molecular flexibility index (Phi) is 4.74. The van der Waals surface area contributed by atoms with E-state index in [9.17, 15) is 0 Å². The van der Waals surface area contributed by atoms with Gasteiger partial charge in [0.15, 0.2) is 0 Å². The van der Waals surface area contributed by atoms with Crippen LogP contribution in [0.3, 0.4) is 0 Å². The predicted molar refractivity (Wildman–Crippen MR) is 66.1 cm³/mol. The highest BCUT2D eigenvalue weighted by Gasteiger charge is 2.10. The average molecular weight is 268 g/mol. The summed E-state index contributed by atoms with van der Waals surface area (Å²) in [5.74, 6) is 2.52. The lowest BCUT2D eigenvalue weighted by Crippen LogP contribution is -1.81. The molecular weight excluding hydrogens is 252 g/mol. The topological polar surface area (TPSA) is 77.8 Å². The average Bonchev–Trinajstić information content (AvgIpc) is 2.97. The van der Waals surface area contributed by atoms with E-state index in [0.717, 1.165) is 25.7 Å². The number of hydrogen-bond acceptors (Lipinski definition) is 7. The fourth-order valence-corrected chi connectivity index (χ4v) is 2.01. The molecule has 2 heterocycles. The van der Waals surface area contributed by atoms with E-state index in [2.05, 4.69) is 34.2 Å². The summed E-state index contributed by atoms with van der Waals surface area (Å²) in [4.78, 5) is 0. The van der Waals surface area contributed by atoms with Crippen molar-refractivity contribution in [1.82, 2.24) is 20.4 Å². The Morgan fingerprint density at radius 2 is 1.44 bits per heavy atom. The van der Waals surface area contributed by atoms with Crippen LogP contribution in [-0.2, 0) is 18.6 Å². The van der Waals surface area contributed by atoms with Crippen molar-refractivity contribution in [2.75, 3.05) is 0 Å². The fraction of sp³-hybridized carbons (Fsp3) is 0.636. The van der Waals surface area contributed by atoms with Crippen molar-refractivity contribution in [2.24, 2.45) is 0 Å². The maximum atomic E-state index is 5.47. The number of aryl methyl sites for hydroxylation is 2. The van der Waals surface area contributed by atoms with Crippen LogP contribution in [0.2, 0.25) is 0 Å². The second kappa shape index (κ2) is 6.53. The number of aromatic nitrogens is 4. The molecule has 0 N–H and O–H groups in total.